The molecule has 0 spiro atoms. The van der Waals surface area contributed by atoms with Crippen molar-refractivity contribution in [3.63, 3.8) is 0 Å². The summed E-state index contributed by atoms with van der Waals surface area (Å²) in [5.41, 5.74) is -1.37. The van der Waals surface area contributed by atoms with Crippen LogP contribution < -0.4 is 26.0 Å². The van der Waals surface area contributed by atoms with Gasteiger partial charge in [0.2, 0.25) is 5.91 Å². The van der Waals surface area contributed by atoms with Crippen molar-refractivity contribution in [1.82, 2.24) is 19.4 Å². The first-order chi connectivity index (χ1) is 16.4. The van der Waals surface area contributed by atoms with E-state index in [0.717, 1.165) is 28.2 Å². The summed E-state index contributed by atoms with van der Waals surface area (Å²) in [5.74, 6) is -4.11. The molecule has 1 amide bonds. The second-order valence-electron chi connectivity index (χ2n) is 8.16. The molecule has 0 bridgehead atoms. The van der Waals surface area contributed by atoms with E-state index in [1.54, 1.807) is 0 Å². The Morgan fingerprint density at radius 1 is 1.26 bits per heavy atom. The number of halogens is 4. The lowest BCUT2D eigenvalue weighted by atomic mass is 9.99. The highest BCUT2D eigenvalue weighted by Gasteiger charge is 2.47. The zero-order valence-corrected chi connectivity index (χ0v) is 18.7. The standard InChI is InChI=1S/C20H17F4N5O5S/c1-9(28-5-3-19(21,22)14(8-28)29-4-2-15(30)26-18(29)32)16(31)27-17-25-10-6-11-12(7-13(10)35-17)34-20(23,24)33-11/h2,4,6-7,9,14H,3,5,8H2,1H3,(H,25,27,31)(H,26,30,32)/t9-,14?/m0/s1. The topological polar surface area (TPSA) is 119 Å². The van der Waals surface area contributed by atoms with Crippen LogP contribution in [0.1, 0.15) is 19.4 Å². The fraction of sp³-hybridized carbons (Fsp3) is 0.400. The van der Waals surface area contributed by atoms with Crippen molar-refractivity contribution >= 4 is 32.6 Å². The van der Waals surface area contributed by atoms with Gasteiger partial charge < -0.3 is 14.8 Å². The van der Waals surface area contributed by atoms with Gasteiger partial charge in [-0.3, -0.25) is 24.0 Å². The highest BCUT2D eigenvalue weighted by atomic mass is 32.1. The van der Waals surface area contributed by atoms with E-state index in [0.29, 0.717) is 10.2 Å². The van der Waals surface area contributed by atoms with Crippen molar-refractivity contribution in [2.75, 3.05) is 18.4 Å². The number of carbonyl (C=O) groups is 1. The van der Waals surface area contributed by atoms with Crippen LogP contribution in [0.25, 0.3) is 10.2 Å². The van der Waals surface area contributed by atoms with E-state index < -0.39 is 47.9 Å². The zero-order chi connectivity index (χ0) is 25.1. The minimum atomic E-state index is -3.76. The predicted molar refractivity (Wildman–Crippen MR) is 115 cm³/mol. The van der Waals surface area contributed by atoms with Crippen LogP contribution in [0.4, 0.5) is 22.7 Å². The number of nitrogens with zero attached hydrogens (tertiary/aromatic N) is 3. The normalized spacial score (nSPS) is 21.7. The summed E-state index contributed by atoms with van der Waals surface area (Å²) < 4.78 is 65.8. The van der Waals surface area contributed by atoms with Crippen molar-refractivity contribution in [2.24, 2.45) is 0 Å². The van der Waals surface area contributed by atoms with Crippen LogP contribution in [0.15, 0.2) is 34.0 Å². The van der Waals surface area contributed by atoms with Crippen LogP contribution in [0, 0.1) is 0 Å². The maximum absolute atomic E-state index is 14.6. The van der Waals surface area contributed by atoms with E-state index in [4.69, 9.17) is 0 Å². The minimum Gasteiger partial charge on any atom is -0.395 e. The predicted octanol–water partition coefficient (Wildman–Crippen LogP) is 2.38. The number of nitrogens with one attached hydrogen (secondary N) is 2. The SMILES string of the molecule is C[C@@H](C(=O)Nc1nc2cc3c(cc2s1)OC(F)(F)O3)N1CCC(F)(F)C(n2ccc(=O)[nH]c2=O)C1. The number of hydrogen-bond acceptors (Lipinski definition) is 8. The number of aromatic nitrogens is 3. The van der Waals surface area contributed by atoms with Gasteiger partial charge in [-0.25, -0.2) is 18.6 Å². The van der Waals surface area contributed by atoms with E-state index >= 15 is 0 Å². The average molecular weight is 515 g/mol. The van der Waals surface area contributed by atoms with Gasteiger partial charge in [-0.15, -0.1) is 8.78 Å². The lowest BCUT2D eigenvalue weighted by Crippen LogP contribution is -2.55. The Morgan fingerprint density at radius 3 is 2.69 bits per heavy atom. The summed E-state index contributed by atoms with van der Waals surface area (Å²) in [6, 6.07) is 1.11. The number of alkyl halides is 4. The first kappa shape index (κ1) is 23.3. The second kappa shape index (κ2) is 8.05. The number of thiazole rings is 1. The van der Waals surface area contributed by atoms with Crippen molar-refractivity contribution < 1.29 is 31.8 Å². The smallest absolute Gasteiger partial charge is 0.395 e. The Bertz CT molecular complexity index is 1390. The number of ether oxygens (including phenoxy) is 2. The molecule has 0 saturated carbocycles. The molecule has 1 aromatic carbocycles. The van der Waals surface area contributed by atoms with Gasteiger partial charge in [0.1, 0.15) is 6.04 Å². The Morgan fingerprint density at radius 2 is 1.97 bits per heavy atom. The number of fused-ring (bicyclic) bond motifs is 2. The third-order valence-corrected chi connectivity index (χ3v) is 6.82. The van der Waals surface area contributed by atoms with Crippen molar-refractivity contribution in [3.05, 3.63) is 45.2 Å². The summed E-state index contributed by atoms with van der Waals surface area (Å²) in [4.78, 5) is 43.9. The zero-order valence-electron chi connectivity index (χ0n) is 17.9. The van der Waals surface area contributed by atoms with Crippen LogP contribution in [0.2, 0.25) is 0 Å². The first-order valence-electron chi connectivity index (χ1n) is 10.4. The van der Waals surface area contributed by atoms with Gasteiger partial charge in [0.25, 0.3) is 11.5 Å². The van der Waals surface area contributed by atoms with Crippen LogP contribution in [-0.2, 0) is 4.79 Å². The molecule has 15 heteroatoms. The number of amides is 1. The number of anilines is 1. The second-order valence-corrected chi connectivity index (χ2v) is 9.19. The van der Waals surface area contributed by atoms with Crippen LogP contribution in [0.5, 0.6) is 11.5 Å². The third kappa shape index (κ3) is 4.36. The van der Waals surface area contributed by atoms with Crippen molar-refractivity contribution in [2.45, 2.75) is 37.6 Å². The summed E-state index contributed by atoms with van der Waals surface area (Å²) in [6.07, 6.45) is -3.35. The van der Waals surface area contributed by atoms with E-state index in [1.165, 1.54) is 24.0 Å². The summed E-state index contributed by atoms with van der Waals surface area (Å²) in [7, 11) is 0. The van der Waals surface area contributed by atoms with Crippen molar-refractivity contribution in [3.8, 4) is 11.5 Å². The van der Waals surface area contributed by atoms with Crippen LogP contribution in [0.3, 0.4) is 0 Å². The molecule has 2 atom stereocenters. The Labute approximate surface area is 197 Å². The summed E-state index contributed by atoms with van der Waals surface area (Å²) in [6.45, 7) is 1.10. The molecule has 1 unspecified atom stereocenters. The molecule has 4 heterocycles. The van der Waals surface area contributed by atoms with Gasteiger partial charge in [0.05, 0.1) is 16.3 Å². The summed E-state index contributed by atoms with van der Waals surface area (Å²) >= 11 is 1.02. The fourth-order valence-electron chi connectivity index (χ4n) is 4.02. The van der Waals surface area contributed by atoms with Gasteiger partial charge in [-0.1, -0.05) is 11.3 Å². The number of hydrogen-bond donors (Lipinski definition) is 2. The number of benzene rings is 1. The molecule has 2 aliphatic heterocycles. The molecule has 0 aliphatic carbocycles. The van der Waals surface area contributed by atoms with Crippen LogP contribution >= 0.6 is 11.3 Å². The maximum Gasteiger partial charge on any atom is 0.586 e. The monoisotopic (exact) mass is 515 g/mol. The van der Waals surface area contributed by atoms with Gasteiger partial charge in [0, 0.05) is 43.9 Å². The molecule has 186 valence electrons. The van der Waals surface area contributed by atoms with E-state index in [2.05, 4.69) is 19.8 Å². The Balaban J connectivity index is 1.32. The fourth-order valence-corrected chi connectivity index (χ4v) is 4.90. The molecule has 2 N–H and O–H groups in total. The molecule has 1 fully saturated rings. The van der Waals surface area contributed by atoms with Gasteiger partial charge >= 0.3 is 12.0 Å². The van der Waals surface area contributed by atoms with E-state index in [9.17, 15) is 31.9 Å². The van der Waals surface area contributed by atoms with Gasteiger partial charge in [-0.2, -0.15) is 0 Å². The molecule has 2 aliphatic rings. The molecular weight excluding hydrogens is 498 g/mol. The van der Waals surface area contributed by atoms with E-state index in [1.807, 2.05) is 4.98 Å². The third-order valence-electron chi connectivity index (χ3n) is 5.88. The highest BCUT2D eigenvalue weighted by Crippen LogP contribution is 2.44. The van der Waals surface area contributed by atoms with Crippen LogP contribution in [-0.4, -0.2) is 56.7 Å². The molecule has 3 aromatic rings. The Kier molecular flexibility index (Phi) is 5.36. The number of likely N-dealkylation sites (tertiary alicyclic amines) is 1. The lowest BCUT2D eigenvalue weighted by Gasteiger charge is -2.40. The highest BCUT2D eigenvalue weighted by molar-refractivity contribution is 7.22. The molecule has 10 nitrogen and oxygen atoms in total. The molecule has 35 heavy (non-hydrogen) atoms. The Hall–Kier alpha value is -3.46. The number of rotatable bonds is 4. The average Bonchev–Trinajstić information content (AvgIpc) is 3.28. The number of H-pyrrole nitrogens is 1. The first-order valence-corrected chi connectivity index (χ1v) is 11.2. The number of aromatic amines is 1. The summed E-state index contributed by atoms with van der Waals surface area (Å²) in [5, 5.41) is 2.78. The number of piperidine rings is 1. The molecule has 0 radical (unpaired) electrons. The molecule has 2 aromatic heterocycles. The van der Waals surface area contributed by atoms with Gasteiger partial charge in [-0.05, 0) is 6.92 Å². The molecular formula is C20H17F4N5O5S. The minimum absolute atomic E-state index is 0.106. The van der Waals surface area contributed by atoms with Crippen molar-refractivity contribution in [1.29, 1.82) is 0 Å². The molecule has 5 rings (SSSR count). The quantitative estimate of drug-likeness (QED) is 0.513. The number of carbonyl (C=O) groups excluding carboxylic acids is 1. The van der Waals surface area contributed by atoms with Gasteiger partial charge in [0.15, 0.2) is 16.6 Å². The van der Waals surface area contributed by atoms with E-state index in [-0.39, 0.29) is 29.7 Å². The molecule has 1 saturated heterocycles. The maximum atomic E-state index is 14.6. The lowest BCUT2D eigenvalue weighted by molar-refractivity contribution is -0.286. The largest absolute Gasteiger partial charge is 0.586 e.